The van der Waals surface area contributed by atoms with Gasteiger partial charge in [-0.05, 0) is 0 Å². The standard InChI is InChI=1S/C9H10NTe/c1-7-8-5-3-4-6-9(8)11-10(7)2/h3-6H,1-2H3/q+1. The van der Waals surface area contributed by atoms with Crippen molar-refractivity contribution in [2.75, 3.05) is 0 Å². The van der Waals surface area contributed by atoms with Crippen LogP contribution in [0, 0.1) is 6.92 Å². The third-order valence-corrected chi connectivity index (χ3v) is 5.13. The molecule has 2 heteroatoms. The van der Waals surface area contributed by atoms with Gasteiger partial charge in [0, 0.05) is 0 Å². The summed E-state index contributed by atoms with van der Waals surface area (Å²) in [4.78, 5) is 0. The van der Waals surface area contributed by atoms with Gasteiger partial charge < -0.3 is 0 Å². The number of aryl methyl sites for hydroxylation is 2. The van der Waals surface area contributed by atoms with Crippen molar-refractivity contribution in [3.63, 3.8) is 0 Å². The SMILES string of the molecule is Cc1c2ccccc2[te][n+]1C. The summed E-state index contributed by atoms with van der Waals surface area (Å²) < 4.78 is 3.99. The third-order valence-electron chi connectivity index (χ3n) is 1.98. The van der Waals surface area contributed by atoms with Crippen LogP contribution in [0.25, 0.3) is 8.79 Å². The van der Waals surface area contributed by atoms with Crippen LogP contribution < -0.4 is 2.79 Å². The normalized spacial score (nSPS) is 10.7. The molecule has 0 saturated carbocycles. The van der Waals surface area contributed by atoms with Gasteiger partial charge in [0.05, 0.1) is 0 Å². The summed E-state index contributed by atoms with van der Waals surface area (Å²) in [6.45, 7) is 2.20. The van der Waals surface area contributed by atoms with Crippen LogP contribution in [0.1, 0.15) is 5.69 Å². The fraction of sp³-hybridized carbons (Fsp3) is 0.222. The van der Waals surface area contributed by atoms with Crippen molar-refractivity contribution in [1.29, 1.82) is 0 Å². The van der Waals surface area contributed by atoms with Crippen molar-refractivity contribution in [1.82, 2.24) is 0 Å². The van der Waals surface area contributed by atoms with E-state index >= 15 is 0 Å². The molecule has 0 bridgehead atoms. The number of hydrogen-bond acceptors (Lipinski definition) is 0. The van der Waals surface area contributed by atoms with E-state index in [2.05, 4.69) is 41.0 Å². The Morgan fingerprint density at radius 1 is 1.27 bits per heavy atom. The van der Waals surface area contributed by atoms with Gasteiger partial charge in [0.2, 0.25) is 0 Å². The van der Waals surface area contributed by atoms with E-state index in [1.807, 2.05) is 0 Å². The van der Waals surface area contributed by atoms with Gasteiger partial charge in [0.1, 0.15) is 0 Å². The zero-order chi connectivity index (χ0) is 7.84. The molecule has 0 aliphatic rings. The summed E-state index contributed by atoms with van der Waals surface area (Å²) in [6.07, 6.45) is 0. The van der Waals surface area contributed by atoms with E-state index in [1.165, 1.54) is 11.1 Å². The van der Waals surface area contributed by atoms with E-state index in [0.717, 1.165) is 0 Å². The van der Waals surface area contributed by atoms with Gasteiger partial charge in [-0.3, -0.25) is 0 Å². The molecule has 0 saturated heterocycles. The van der Waals surface area contributed by atoms with Gasteiger partial charge in [-0.25, -0.2) is 0 Å². The summed E-state index contributed by atoms with van der Waals surface area (Å²) in [7, 11) is 2.19. The van der Waals surface area contributed by atoms with Gasteiger partial charge >= 0.3 is 76.2 Å². The van der Waals surface area contributed by atoms with Crippen LogP contribution in [0.2, 0.25) is 0 Å². The molecular formula is C9H10NTe+. The Morgan fingerprint density at radius 2 is 2.00 bits per heavy atom. The van der Waals surface area contributed by atoms with E-state index in [9.17, 15) is 0 Å². The average Bonchev–Trinajstić information content (AvgIpc) is 2.30. The van der Waals surface area contributed by atoms with Crippen LogP contribution in [-0.2, 0) is 7.05 Å². The fourth-order valence-corrected chi connectivity index (χ4v) is 4.04. The first-order chi connectivity index (χ1) is 5.29. The predicted molar refractivity (Wildman–Crippen MR) is 46.8 cm³/mol. The van der Waals surface area contributed by atoms with Crippen molar-refractivity contribution in [2.24, 2.45) is 7.05 Å². The molecule has 0 radical (unpaired) electrons. The molecule has 1 aromatic heterocycles. The molecule has 56 valence electrons. The van der Waals surface area contributed by atoms with Crippen LogP contribution in [0.5, 0.6) is 0 Å². The van der Waals surface area contributed by atoms with Crippen LogP contribution in [-0.4, -0.2) is 20.7 Å². The molecule has 0 aliphatic carbocycles. The van der Waals surface area contributed by atoms with Crippen LogP contribution in [0.15, 0.2) is 24.3 Å². The Balaban J connectivity index is 2.92. The monoisotopic (exact) mass is 262 g/mol. The van der Waals surface area contributed by atoms with E-state index in [0.29, 0.717) is 0 Å². The molecule has 0 unspecified atom stereocenters. The molecule has 1 nitrogen and oxygen atoms in total. The van der Waals surface area contributed by atoms with Crippen molar-refractivity contribution >= 4 is 29.5 Å². The Hall–Kier alpha value is -0.320. The molecule has 0 aliphatic heterocycles. The first-order valence-corrected chi connectivity index (χ1v) is 5.84. The van der Waals surface area contributed by atoms with Gasteiger partial charge in [0.15, 0.2) is 0 Å². The summed E-state index contributed by atoms with van der Waals surface area (Å²) in [5.74, 6) is 0. The minimum atomic E-state index is -0.0580. The topological polar surface area (TPSA) is 3.88 Å². The first kappa shape index (κ1) is 7.34. The number of nitrogens with zero attached hydrogens (tertiary/aromatic N) is 1. The number of fused-ring (bicyclic) bond motifs is 1. The molecule has 0 spiro atoms. The first-order valence-electron chi connectivity index (χ1n) is 3.63. The zero-order valence-electron chi connectivity index (χ0n) is 6.66. The van der Waals surface area contributed by atoms with Crippen molar-refractivity contribution < 1.29 is 2.79 Å². The summed E-state index contributed by atoms with van der Waals surface area (Å²) in [6, 6.07) is 8.73. The second kappa shape index (κ2) is 2.62. The second-order valence-corrected chi connectivity index (χ2v) is 6.01. The average molecular weight is 260 g/mol. The third kappa shape index (κ3) is 1.11. The van der Waals surface area contributed by atoms with E-state index in [4.69, 9.17) is 0 Å². The summed E-state index contributed by atoms with van der Waals surface area (Å²) >= 11 is -0.0580. The molecule has 0 N–H and O–H groups in total. The molecule has 11 heavy (non-hydrogen) atoms. The molecule has 2 aromatic rings. The van der Waals surface area contributed by atoms with Crippen LogP contribution in [0.3, 0.4) is 0 Å². The maximum absolute atomic E-state index is 2.41. The maximum atomic E-state index is 2.41. The fourth-order valence-electron chi connectivity index (χ4n) is 1.23. The summed E-state index contributed by atoms with van der Waals surface area (Å²) in [5, 5.41) is 1.47. The molecule has 1 heterocycles. The van der Waals surface area contributed by atoms with Gasteiger partial charge in [-0.15, -0.1) is 0 Å². The quantitative estimate of drug-likeness (QED) is 0.623. The van der Waals surface area contributed by atoms with Gasteiger partial charge in [-0.1, -0.05) is 0 Å². The van der Waals surface area contributed by atoms with Crippen molar-refractivity contribution in [3.8, 4) is 0 Å². The molecule has 1 aromatic carbocycles. The minimum absolute atomic E-state index is 0.0580. The van der Waals surface area contributed by atoms with Crippen LogP contribution >= 0.6 is 0 Å². The summed E-state index contributed by atoms with van der Waals surface area (Å²) in [5.41, 5.74) is 1.45. The second-order valence-electron chi connectivity index (χ2n) is 2.67. The number of hydrogen-bond donors (Lipinski definition) is 0. The number of rotatable bonds is 0. The molecule has 2 rings (SSSR count). The Morgan fingerprint density at radius 3 is 2.73 bits per heavy atom. The number of benzene rings is 1. The van der Waals surface area contributed by atoms with Crippen molar-refractivity contribution in [2.45, 2.75) is 6.92 Å². The van der Waals surface area contributed by atoms with Gasteiger partial charge in [-0.2, -0.15) is 0 Å². The van der Waals surface area contributed by atoms with E-state index in [-0.39, 0.29) is 20.7 Å². The molecule has 0 fully saturated rings. The Bertz CT molecular complexity index is 389. The predicted octanol–water partition coefficient (Wildman–Crippen LogP) is 1.03. The molecule has 0 atom stereocenters. The Kier molecular flexibility index (Phi) is 1.75. The van der Waals surface area contributed by atoms with E-state index < -0.39 is 0 Å². The van der Waals surface area contributed by atoms with Gasteiger partial charge in [0.25, 0.3) is 0 Å². The van der Waals surface area contributed by atoms with Crippen molar-refractivity contribution in [3.05, 3.63) is 30.0 Å². The molecular weight excluding hydrogens is 250 g/mol. The molecule has 0 amide bonds. The van der Waals surface area contributed by atoms with E-state index in [1.54, 1.807) is 3.40 Å². The zero-order valence-corrected chi connectivity index (χ0v) is 9.00. The Labute approximate surface area is 76.3 Å². The number of aromatic nitrogens is 1. The van der Waals surface area contributed by atoms with Crippen LogP contribution in [0.4, 0.5) is 0 Å².